The number of aromatic amines is 1. The SMILES string of the molecule is CN1CCCN(C)C(=O)COc2cccc(c2)Nc2ncnc3[nH]cc(c23)C1. The first kappa shape index (κ1) is 18.2. The highest BCUT2D eigenvalue weighted by molar-refractivity contribution is 5.92. The number of nitrogens with zero attached hydrogens (tertiary/aromatic N) is 4. The quantitative estimate of drug-likeness (QED) is 0.623. The molecule has 3 aromatic rings. The molecule has 1 aliphatic rings. The second-order valence-electron chi connectivity index (χ2n) is 7.11. The van der Waals surface area contributed by atoms with Crippen molar-refractivity contribution in [1.82, 2.24) is 24.8 Å². The maximum Gasteiger partial charge on any atom is 0.260 e. The van der Waals surface area contributed by atoms with Crippen molar-refractivity contribution in [3.05, 3.63) is 42.4 Å². The highest BCUT2D eigenvalue weighted by Crippen LogP contribution is 2.28. The van der Waals surface area contributed by atoms with Crippen LogP contribution in [0.5, 0.6) is 5.75 Å². The zero-order valence-corrected chi connectivity index (χ0v) is 16.1. The van der Waals surface area contributed by atoms with E-state index in [9.17, 15) is 4.79 Å². The van der Waals surface area contributed by atoms with Gasteiger partial charge in [-0.1, -0.05) is 6.07 Å². The number of likely N-dealkylation sites (N-methyl/N-ethyl adjacent to an activating group) is 1. The van der Waals surface area contributed by atoms with E-state index < -0.39 is 0 Å². The standard InChI is InChI=1S/C20H24N6O2/c1-25-7-4-8-26(2)17(27)12-28-16-6-3-5-15(9-16)24-20-18-14(11-25)10-21-19(18)22-13-23-20/h3,5-6,9-10,13H,4,7-8,11-12H2,1-2H3,(H2,21,22,23,24). The number of rotatable bonds is 0. The zero-order chi connectivity index (χ0) is 19.5. The minimum absolute atomic E-state index is 0.0233. The predicted molar refractivity (Wildman–Crippen MR) is 108 cm³/mol. The van der Waals surface area contributed by atoms with Gasteiger partial charge in [0.15, 0.2) is 6.61 Å². The number of nitrogens with one attached hydrogen (secondary N) is 2. The second kappa shape index (κ2) is 7.85. The first-order valence-corrected chi connectivity index (χ1v) is 9.33. The van der Waals surface area contributed by atoms with Crippen LogP contribution in [0.3, 0.4) is 0 Å². The van der Waals surface area contributed by atoms with Crippen LogP contribution in [-0.2, 0) is 11.3 Å². The van der Waals surface area contributed by atoms with Crippen molar-refractivity contribution in [3.8, 4) is 5.75 Å². The lowest BCUT2D eigenvalue weighted by Gasteiger charge is -2.21. The lowest BCUT2D eigenvalue weighted by molar-refractivity contribution is -0.132. The smallest absolute Gasteiger partial charge is 0.260 e. The van der Waals surface area contributed by atoms with E-state index >= 15 is 0 Å². The lowest BCUT2D eigenvalue weighted by atomic mass is 10.2. The Bertz CT molecular complexity index is 986. The average molecular weight is 380 g/mol. The monoisotopic (exact) mass is 380 g/mol. The van der Waals surface area contributed by atoms with Crippen LogP contribution in [0.1, 0.15) is 12.0 Å². The molecule has 0 spiro atoms. The van der Waals surface area contributed by atoms with Crippen LogP contribution in [0, 0.1) is 0 Å². The normalized spacial score (nSPS) is 16.6. The number of carbonyl (C=O) groups is 1. The summed E-state index contributed by atoms with van der Waals surface area (Å²) in [5.74, 6) is 1.35. The second-order valence-corrected chi connectivity index (χ2v) is 7.11. The van der Waals surface area contributed by atoms with E-state index in [1.54, 1.807) is 11.2 Å². The maximum absolute atomic E-state index is 12.3. The number of amides is 1. The van der Waals surface area contributed by atoms with Crippen LogP contribution in [0.2, 0.25) is 0 Å². The van der Waals surface area contributed by atoms with Crippen molar-refractivity contribution in [2.75, 3.05) is 39.1 Å². The Balaban J connectivity index is 1.71. The molecule has 3 heterocycles. The number of hydrogen-bond acceptors (Lipinski definition) is 6. The summed E-state index contributed by atoms with van der Waals surface area (Å²) in [7, 11) is 3.89. The molecule has 0 radical (unpaired) electrons. The van der Waals surface area contributed by atoms with E-state index in [0.717, 1.165) is 47.6 Å². The van der Waals surface area contributed by atoms with Gasteiger partial charge in [0.2, 0.25) is 0 Å². The number of ether oxygens (including phenoxy) is 1. The first-order valence-electron chi connectivity index (χ1n) is 9.33. The van der Waals surface area contributed by atoms with Crippen molar-refractivity contribution >= 4 is 28.4 Å². The molecule has 1 aromatic carbocycles. The van der Waals surface area contributed by atoms with E-state index in [1.165, 1.54) is 0 Å². The number of H-pyrrole nitrogens is 1. The van der Waals surface area contributed by atoms with Crippen molar-refractivity contribution in [2.45, 2.75) is 13.0 Å². The van der Waals surface area contributed by atoms with E-state index in [1.807, 2.05) is 37.5 Å². The molecule has 1 amide bonds. The van der Waals surface area contributed by atoms with Gasteiger partial charge in [-0.2, -0.15) is 0 Å². The molecule has 0 saturated heterocycles. The Labute approximate surface area is 163 Å². The molecule has 28 heavy (non-hydrogen) atoms. The largest absolute Gasteiger partial charge is 0.484 e. The van der Waals surface area contributed by atoms with Crippen LogP contribution in [0.4, 0.5) is 11.5 Å². The Hall–Kier alpha value is -3.13. The molecule has 0 saturated carbocycles. The summed E-state index contributed by atoms with van der Waals surface area (Å²) in [5, 5.41) is 4.35. The number of aromatic nitrogens is 3. The lowest BCUT2D eigenvalue weighted by Crippen LogP contribution is -2.33. The van der Waals surface area contributed by atoms with Gasteiger partial charge in [0.25, 0.3) is 5.91 Å². The summed E-state index contributed by atoms with van der Waals surface area (Å²) in [6.45, 7) is 2.36. The van der Waals surface area contributed by atoms with Gasteiger partial charge in [0.1, 0.15) is 23.5 Å². The van der Waals surface area contributed by atoms with Crippen LogP contribution in [0.15, 0.2) is 36.8 Å². The van der Waals surface area contributed by atoms with E-state index in [4.69, 9.17) is 4.74 Å². The Morgan fingerprint density at radius 2 is 2.07 bits per heavy atom. The van der Waals surface area contributed by atoms with Gasteiger partial charge in [0, 0.05) is 38.1 Å². The third-order valence-electron chi connectivity index (χ3n) is 4.91. The molecule has 1 aliphatic heterocycles. The number of anilines is 2. The van der Waals surface area contributed by atoms with Crippen LogP contribution < -0.4 is 10.1 Å². The summed E-state index contributed by atoms with van der Waals surface area (Å²) >= 11 is 0. The van der Waals surface area contributed by atoms with Gasteiger partial charge in [-0.15, -0.1) is 0 Å². The summed E-state index contributed by atoms with van der Waals surface area (Å²) in [5.41, 5.74) is 2.77. The van der Waals surface area contributed by atoms with E-state index in [2.05, 4.69) is 32.2 Å². The minimum atomic E-state index is -0.0291. The van der Waals surface area contributed by atoms with Gasteiger partial charge in [0.05, 0.1) is 5.39 Å². The number of carbonyl (C=O) groups excluding carboxylic acids is 1. The summed E-state index contributed by atoms with van der Waals surface area (Å²) < 4.78 is 5.70. The van der Waals surface area contributed by atoms with Gasteiger partial charge < -0.3 is 24.8 Å². The van der Waals surface area contributed by atoms with Crippen LogP contribution in [-0.4, -0.2) is 64.5 Å². The molecule has 2 aromatic heterocycles. The highest BCUT2D eigenvalue weighted by atomic mass is 16.5. The van der Waals surface area contributed by atoms with Gasteiger partial charge >= 0.3 is 0 Å². The summed E-state index contributed by atoms with van der Waals surface area (Å²) in [6.07, 6.45) is 4.42. The fourth-order valence-corrected chi connectivity index (χ4v) is 3.37. The predicted octanol–water partition coefficient (Wildman–Crippen LogP) is 2.37. The van der Waals surface area contributed by atoms with E-state index in [0.29, 0.717) is 12.3 Å². The summed E-state index contributed by atoms with van der Waals surface area (Å²) in [6, 6.07) is 7.54. The molecule has 2 bridgehead atoms. The molecular formula is C20H24N6O2. The number of hydrogen-bond donors (Lipinski definition) is 2. The third kappa shape index (κ3) is 3.91. The fraction of sp³-hybridized carbons (Fsp3) is 0.350. The molecule has 146 valence electrons. The first-order chi connectivity index (χ1) is 13.6. The van der Waals surface area contributed by atoms with Crippen molar-refractivity contribution in [3.63, 3.8) is 0 Å². The molecule has 8 heteroatoms. The molecule has 2 N–H and O–H groups in total. The fourth-order valence-electron chi connectivity index (χ4n) is 3.37. The Kier molecular flexibility index (Phi) is 5.12. The van der Waals surface area contributed by atoms with Crippen molar-refractivity contribution in [2.24, 2.45) is 0 Å². The van der Waals surface area contributed by atoms with Gasteiger partial charge in [-0.3, -0.25) is 4.79 Å². The Morgan fingerprint density at radius 1 is 1.18 bits per heavy atom. The molecule has 4 rings (SSSR count). The average Bonchev–Trinajstić information content (AvgIpc) is 3.09. The number of benzene rings is 1. The van der Waals surface area contributed by atoms with Gasteiger partial charge in [-0.25, -0.2) is 9.97 Å². The maximum atomic E-state index is 12.3. The van der Waals surface area contributed by atoms with Gasteiger partial charge in [-0.05, 0) is 37.7 Å². The van der Waals surface area contributed by atoms with Crippen molar-refractivity contribution in [1.29, 1.82) is 0 Å². The zero-order valence-electron chi connectivity index (χ0n) is 16.1. The molecule has 0 aliphatic carbocycles. The third-order valence-corrected chi connectivity index (χ3v) is 4.91. The Morgan fingerprint density at radius 3 is 2.96 bits per heavy atom. The number of fused-ring (bicyclic) bond motifs is 2. The van der Waals surface area contributed by atoms with E-state index in [-0.39, 0.29) is 12.5 Å². The highest BCUT2D eigenvalue weighted by Gasteiger charge is 2.15. The molecule has 8 nitrogen and oxygen atoms in total. The van der Waals surface area contributed by atoms with Crippen LogP contribution >= 0.6 is 0 Å². The molecule has 0 unspecified atom stereocenters. The molecule has 0 fully saturated rings. The van der Waals surface area contributed by atoms with Crippen molar-refractivity contribution < 1.29 is 9.53 Å². The topological polar surface area (TPSA) is 86.4 Å². The van der Waals surface area contributed by atoms with Crippen LogP contribution in [0.25, 0.3) is 11.0 Å². The molecule has 0 atom stereocenters. The minimum Gasteiger partial charge on any atom is -0.484 e. The molecular weight excluding hydrogens is 356 g/mol. The summed E-state index contributed by atoms with van der Waals surface area (Å²) in [4.78, 5) is 28.3.